The van der Waals surface area contributed by atoms with Crippen molar-refractivity contribution in [2.45, 2.75) is 70.3 Å². The number of rotatable bonds is 6. The van der Waals surface area contributed by atoms with Crippen LogP contribution in [0.15, 0.2) is 11.6 Å². The van der Waals surface area contributed by atoms with Gasteiger partial charge in [-0.3, -0.25) is 9.59 Å². The highest BCUT2D eigenvalue weighted by Gasteiger charge is 2.28. The highest BCUT2D eigenvalue weighted by molar-refractivity contribution is 5.79. The minimum atomic E-state index is 0.116. The van der Waals surface area contributed by atoms with E-state index in [-0.39, 0.29) is 23.8 Å². The Bertz CT molecular complexity index is 489. The molecule has 0 aromatic carbocycles. The first-order chi connectivity index (χ1) is 12.2. The van der Waals surface area contributed by atoms with Crippen molar-refractivity contribution >= 4 is 11.8 Å². The van der Waals surface area contributed by atoms with Gasteiger partial charge < -0.3 is 16.0 Å². The molecule has 0 atom stereocenters. The van der Waals surface area contributed by atoms with Gasteiger partial charge in [0.1, 0.15) is 0 Å². The lowest BCUT2D eigenvalue weighted by atomic mass is 9.85. The summed E-state index contributed by atoms with van der Waals surface area (Å²) in [6.07, 6.45) is 12.5. The fourth-order valence-corrected chi connectivity index (χ4v) is 4.44. The van der Waals surface area contributed by atoms with E-state index in [2.05, 4.69) is 22.0 Å². The van der Waals surface area contributed by atoms with Crippen molar-refractivity contribution in [3.8, 4) is 0 Å². The maximum absolute atomic E-state index is 12.4. The smallest absolute Gasteiger partial charge is 0.223 e. The summed E-state index contributed by atoms with van der Waals surface area (Å²) in [7, 11) is 0. The van der Waals surface area contributed by atoms with E-state index in [0.29, 0.717) is 18.9 Å². The molecule has 0 unspecified atom stereocenters. The predicted octanol–water partition coefficient (Wildman–Crippen LogP) is 2.28. The van der Waals surface area contributed by atoms with Crippen LogP contribution in [-0.4, -0.2) is 37.5 Å². The molecule has 0 aromatic heterocycles. The van der Waals surface area contributed by atoms with E-state index in [1.165, 1.54) is 31.3 Å². The van der Waals surface area contributed by atoms with Gasteiger partial charge in [0.05, 0.1) is 0 Å². The summed E-state index contributed by atoms with van der Waals surface area (Å²) in [5.41, 5.74) is 1.33. The molecule has 3 aliphatic rings. The largest absolute Gasteiger partial charge is 0.353 e. The molecule has 0 aromatic rings. The zero-order chi connectivity index (χ0) is 17.5. The first-order valence-electron chi connectivity index (χ1n) is 10.2. The standard InChI is InChI=1S/C20H33N3O2/c24-19(13-15-3-1-2-4-15)23-18-7-5-17(6-8-18)20(25)22-14-16-9-11-21-12-10-16/h9,15,17-18,21H,1-8,10-14H2,(H,22,25)(H,23,24). The predicted molar refractivity (Wildman–Crippen MR) is 99.0 cm³/mol. The molecule has 3 rings (SSSR count). The molecule has 1 heterocycles. The van der Waals surface area contributed by atoms with Gasteiger partial charge in [-0.25, -0.2) is 0 Å². The molecule has 2 saturated carbocycles. The molecule has 5 nitrogen and oxygen atoms in total. The van der Waals surface area contributed by atoms with Gasteiger partial charge in [0.15, 0.2) is 0 Å². The maximum atomic E-state index is 12.4. The first-order valence-corrected chi connectivity index (χ1v) is 10.2. The van der Waals surface area contributed by atoms with E-state index < -0.39 is 0 Å². The normalized spacial score (nSPS) is 27.6. The first kappa shape index (κ1) is 18.4. The number of carbonyl (C=O) groups excluding carboxylic acids is 2. The van der Waals surface area contributed by atoms with Gasteiger partial charge in [0, 0.05) is 31.5 Å². The van der Waals surface area contributed by atoms with Crippen molar-refractivity contribution in [1.29, 1.82) is 0 Å². The Morgan fingerprint density at radius 3 is 2.52 bits per heavy atom. The Kier molecular flexibility index (Phi) is 6.91. The van der Waals surface area contributed by atoms with Crippen LogP contribution in [0.1, 0.15) is 64.2 Å². The van der Waals surface area contributed by atoms with Crippen molar-refractivity contribution in [3.05, 3.63) is 11.6 Å². The lowest BCUT2D eigenvalue weighted by Gasteiger charge is -2.29. The summed E-state index contributed by atoms with van der Waals surface area (Å²) >= 11 is 0. The fraction of sp³-hybridized carbons (Fsp3) is 0.800. The SMILES string of the molecule is O=C(CC1CCCC1)NC1CCC(C(=O)NCC2=CCNCC2)CC1. The Morgan fingerprint density at radius 2 is 1.84 bits per heavy atom. The highest BCUT2D eigenvalue weighted by Crippen LogP contribution is 2.28. The Labute approximate surface area is 151 Å². The summed E-state index contributed by atoms with van der Waals surface area (Å²) < 4.78 is 0. The van der Waals surface area contributed by atoms with Crippen LogP contribution in [-0.2, 0) is 9.59 Å². The van der Waals surface area contributed by atoms with Crippen LogP contribution in [0.5, 0.6) is 0 Å². The zero-order valence-corrected chi connectivity index (χ0v) is 15.3. The Balaban J connectivity index is 1.32. The lowest BCUT2D eigenvalue weighted by molar-refractivity contribution is -0.126. The van der Waals surface area contributed by atoms with Gasteiger partial charge in [-0.15, -0.1) is 0 Å². The second-order valence-corrected chi connectivity index (χ2v) is 8.00. The molecule has 1 aliphatic heterocycles. The quantitative estimate of drug-likeness (QED) is 0.646. The molecule has 0 bridgehead atoms. The lowest BCUT2D eigenvalue weighted by Crippen LogP contribution is -2.41. The zero-order valence-electron chi connectivity index (χ0n) is 15.3. The van der Waals surface area contributed by atoms with E-state index in [1.807, 2.05) is 0 Å². The van der Waals surface area contributed by atoms with Crippen LogP contribution in [0.4, 0.5) is 0 Å². The van der Waals surface area contributed by atoms with Gasteiger partial charge in [-0.05, 0) is 57.4 Å². The van der Waals surface area contributed by atoms with Gasteiger partial charge in [-0.1, -0.05) is 24.5 Å². The number of carbonyl (C=O) groups is 2. The second-order valence-electron chi connectivity index (χ2n) is 8.00. The molecule has 5 heteroatoms. The van der Waals surface area contributed by atoms with Crippen molar-refractivity contribution in [3.63, 3.8) is 0 Å². The van der Waals surface area contributed by atoms with Gasteiger partial charge in [-0.2, -0.15) is 0 Å². The second kappa shape index (κ2) is 9.37. The van der Waals surface area contributed by atoms with E-state index in [1.54, 1.807) is 0 Å². The van der Waals surface area contributed by atoms with E-state index >= 15 is 0 Å². The average Bonchev–Trinajstić information content (AvgIpc) is 3.14. The van der Waals surface area contributed by atoms with Crippen molar-refractivity contribution in [2.75, 3.05) is 19.6 Å². The van der Waals surface area contributed by atoms with Crippen LogP contribution < -0.4 is 16.0 Å². The molecule has 0 saturated heterocycles. The van der Waals surface area contributed by atoms with Gasteiger partial charge in [0.25, 0.3) is 0 Å². The van der Waals surface area contributed by atoms with Crippen molar-refractivity contribution < 1.29 is 9.59 Å². The van der Waals surface area contributed by atoms with Crippen molar-refractivity contribution in [2.24, 2.45) is 11.8 Å². The van der Waals surface area contributed by atoms with Crippen LogP contribution in [0, 0.1) is 11.8 Å². The minimum absolute atomic E-state index is 0.116. The minimum Gasteiger partial charge on any atom is -0.353 e. The number of hydrogen-bond acceptors (Lipinski definition) is 3. The molecule has 0 radical (unpaired) electrons. The topological polar surface area (TPSA) is 70.2 Å². The summed E-state index contributed by atoms with van der Waals surface area (Å²) in [5.74, 6) is 1.13. The number of nitrogens with one attached hydrogen (secondary N) is 3. The summed E-state index contributed by atoms with van der Waals surface area (Å²) in [4.78, 5) is 24.5. The molecular formula is C20H33N3O2. The van der Waals surface area contributed by atoms with Gasteiger partial charge >= 0.3 is 0 Å². The molecule has 0 spiro atoms. The Morgan fingerprint density at radius 1 is 1.08 bits per heavy atom. The van der Waals surface area contributed by atoms with Crippen LogP contribution in [0.25, 0.3) is 0 Å². The molecule has 2 amide bonds. The molecule has 2 aliphatic carbocycles. The van der Waals surface area contributed by atoms with E-state index in [9.17, 15) is 9.59 Å². The maximum Gasteiger partial charge on any atom is 0.223 e. The number of hydrogen-bond donors (Lipinski definition) is 3. The fourth-order valence-electron chi connectivity index (χ4n) is 4.44. The molecular weight excluding hydrogens is 314 g/mol. The molecule has 140 valence electrons. The van der Waals surface area contributed by atoms with Crippen LogP contribution in [0.2, 0.25) is 0 Å². The Hall–Kier alpha value is -1.36. The monoisotopic (exact) mass is 347 g/mol. The van der Waals surface area contributed by atoms with Crippen LogP contribution in [0.3, 0.4) is 0 Å². The summed E-state index contributed by atoms with van der Waals surface area (Å²) in [5, 5.41) is 9.59. The van der Waals surface area contributed by atoms with E-state index in [0.717, 1.165) is 45.2 Å². The summed E-state index contributed by atoms with van der Waals surface area (Å²) in [6, 6.07) is 0.269. The van der Waals surface area contributed by atoms with Crippen LogP contribution >= 0.6 is 0 Å². The highest BCUT2D eigenvalue weighted by atomic mass is 16.2. The average molecular weight is 348 g/mol. The van der Waals surface area contributed by atoms with Gasteiger partial charge in [0.2, 0.25) is 11.8 Å². The third-order valence-electron chi connectivity index (χ3n) is 6.06. The van der Waals surface area contributed by atoms with E-state index in [4.69, 9.17) is 0 Å². The third-order valence-corrected chi connectivity index (χ3v) is 6.06. The third kappa shape index (κ3) is 5.84. The summed E-state index contributed by atoms with van der Waals surface area (Å²) in [6.45, 7) is 2.61. The van der Waals surface area contributed by atoms with Crippen molar-refractivity contribution in [1.82, 2.24) is 16.0 Å². The molecule has 25 heavy (non-hydrogen) atoms. The molecule has 3 N–H and O–H groups in total. The molecule has 2 fully saturated rings. The number of amides is 2.